The van der Waals surface area contributed by atoms with E-state index in [1.165, 1.54) is 0 Å². The molecule has 0 aromatic carbocycles. The molecule has 2 aromatic heterocycles. The first-order chi connectivity index (χ1) is 13.2. The predicted molar refractivity (Wildman–Crippen MR) is 102 cm³/mol. The molecule has 3 heterocycles. The maximum absolute atomic E-state index is 12.8. The van der Waals surface area contributed by atoms with Gasteiger partial charge in [-0.05, 0) is 24.6 Å². The summed E-state index contributed by atoms with van der Waals surface area (Å²) in [5, 5.41) is 2.82. The van der Waals surface area contributed by atoms with E-state index in [1.807, 2.05) is 0 Å². The van der Waals surface area contributed by atoms with E-state index in [4.69, 9.17) is 0 Å². The summed E-state index contributed by atoms with van der Waals surface area (Å²) in [6.45, 7) is 5.11. The van der Waals surface area contributed by atoms with Crippen molar-refractivity contribution >= 4 is 17.8 Å². The first-order valence-corrected chi connectivity index (χ1v) is 9.25. The highest BCUT2D eigenvalue weighted by molar-refractivity contribution is 5.96. The van der Waals surface area contributed by atoms with Crippen molar-refractivity contribution in [2.45, 2.75) is 19.8 Å². The minimum Gasteiger partial charge on any atom is -0.351 e. The Kier molecular flexibility index (Phi) is 6.30. The van der Waals surface area contributed by atoms with E-state index < -0.39 is 0 Å². The molecule has 0 unspecified atom stereocenters. The van der Waals surface area contributed by atoms with Crippen LogP contribution in [0.25, 0.3) is 0 Å². The Morgan fingerprint density at radius 3 is 2.44 bits per heavy atom. The third-order valence-electron chi connectivity index (χ3n) is 4.42. The van der Waals surface area contributed by atoms with Gasteiger partial charge in [0.25, 0.3) is 11.8 Å². The van der Waals surface area contributed by atoms with Gasteiger partial charge >= 0.3 is 0 Å². The van der Waals surface area contributed by atoms with E-state index >= 15 is 0 Å². The molecule has 2 aromatic rings. The van der Waals surface area contributed by atoms with Crippen molar-refractivity contribution < 1.29 is 9.59 Å². The van der Waals surface area contributed by atoms with Crippen LogP contribution in [-0.2, 0) is 0 Å². The Morgan fingerprint density at radius 1 is 1.04 bits per heavy atom. The van der Waals surface area contributed by atoms with Crippen molar-refractivity contribution in [3.05, 3.63) is 48.0 Å². The fraction of sp³-hybridized carbons (Fsp3) is 0.421. The van der Waals surface area contributed by atoms with Gasteiger partial charge in [0.2, 0.25) is 5.95 Å². The molecule has 1 aliphatic rings. The largest absolute Gasteiger partial charge is 0.351 e. The number of unbranched alkanes of at least 4 members (excludes halogenated alkanes) is 1. The molecule has 2 amide bonds. The van der Waals surface area contributed by atoms with Crippen molar-refractivity contribution in [1.82, 2.24) is 25.2 Å². The Morgan fingerprint density at radius 2 is 1.74 bits per heavy atom. The molecule has 0 atom stereocenters. The smallest absolute Gasteiger partial charge is 0.272 e. The summed E-state index contributed by atoms with van der Waals surface area (Å²) < 4.78 is 0. The SMILES string of the molecule is CCCCNC(=O)c1cccc(C(=O)N2CCN(c3ncccn3)CC2)n1. The molecule has 0 bridgehead atoms. The Labute approximate surface area is 158 Å². The Balaban J connectivity index is 1.60. The standard InChI is InChI=1S/C19H24N6O2/c1-2-3-8-20-17(26)15-6-4-7-16(23-15)18(27)24-11-13-25(14-12-24)19-21-9-5-10-22-19/h4-7,9-10H,2-3,8,11-14H2,1H3,(H,20,26). The molecule has 1 saturated heterocycles. The number of hydrogen-bond acceptors (Lipinski definition) is 6. The lowest BCUT2D eigenvalue weighted by Crippen LogP contribution is -2.49. The number of aromatic nitrogens is 3. The first kappa shape index (κ1) is 18.8. The molecule has 8 heteroatoms. The van der Waals surface area contributed by atoms with Crippen LogP contribution >= 0.6 is 0 Å². The highest BCUT2D eigenvalue weighted by Gasteiger charge is 2.24. The summed E-state index contributed by atoms with van der Waals surface area (Å²) in [6, 6.07) is 6.75. The second kappa shape index (κ2) is 9.07. The molecule has 0 saturated carbocycles. The van der Waals surface area contributed by atoms with Crippen LogP contribution in [0.2, 0.25) is 0 Å². The normalized spacial score (nSPS) is 14.1. The molecule has 3 rings (SSSR count). The monoisotopic (exact) mass is 368 g/mol. The fourth-order valence-corrected chi connectivity index (χ4v) is 2.88. The molecule has 1 aliphatic heterocycles. The Hall–Kier alpha value is -3.03. The van der Waals surface area contributed by atoms with Gasteiger partial charge in [-0.2, -0.15) is 0 Å². The molecule has 142 valence electrons. The molecule has 0 spiro atoms. The van der Waals surface area contributed by atoms with Crippen LogP contribution in [0, 0.1) is 0 Å². The van der Waals surface area contributed by atoms with Crippen molar-refractivity contribution in [2.24, 2.45) is 0 Å². The molecule has 1 fully saturated rings. The van der Waals surface area contributed by atoms with Crippen molar-refractivity contribution in [3.63, 3.8) is 0 Å². The van der Waals surface area contributed by atoms with E-state index in [0.717, 1.165) is 12.8 Å². The summed E-state index contributed by atoms with van der Waals surface area (Å²) in [6.07, 6.45) is 5.34. The van der Waals surface area contributed by atoms with E-state index in [2.05, 4.69) is 32.1 Å². The van der Waals surface area contributed by atoms with Crippen molar-refractivity contribution in [2.75, 3.05) is 37.6 Å². The second-order valence-electron chi connectivity index (χ2n) is 6.35. The van der Waals surface area contributed by atoms with Crippen LogP contribution in [0.15, 0.2) is 36.7 Å². The lowest BCUT2D eigenvalue weighted by molar-refractivity contribution is 0.0740. The minimum absolute atomic E-state index is 0.160. The number of nitrogens with one attached hydrogen (secondary N) is 1. The highest BCUT2D eigenvalue weighted by atomic mass is 16.2. The van der Waals surface area contributed by atoms with Gasteiger partial charge in [-0.3, -0.25) is 9.59 Å². The zero-order valence-electron chi connectivity index (χ0n) is 15.5. The fourth-order valence-electron chi connectivity index (χ4n) is 2.88. The number of carbonyl (C=O) groups excluding carboxylic acids is 2. The van der Waals surface area contributed by atoms with Crippen molar-refractivity contribution in [1.29, 1.82) is 0 Å². The van der Waals surface area contributed by atoms with E-state index in [1.54, 1.807) is 41.6 Å². The van der Waals surface area contributed by atoms with Crippen molar-refractivity contribution in [3.8, 4) is 0 Å². The van der Waals surface area contributed by atoms with E-state index in [-0.39, 0.29) is 17.5 Å². The number of pyridine rings is 1. The van der Waals surface area contributed by atoms with Gasteiger partial charge in [0, 0.05) is 45.1 Å². The number of piperazine rings is 1. The highest BCUT2D eigenvalue weighted by Crippen LogP contribution is 2.12. The van der Waals surface area contributed by atoms with Crippen LogP contribution < -0.4 is 10.2 Å². The van der Waals surface area contributed by atoms with Gasteiger partial charge in [-0.1, -0.05) is 19.4 Å². The molecule has 0 radical (unpaired) electrons. The quantitative estimate of drug-likeness (QED) is 0.774. The minimum atomic E-state index is -0.246. The molecule has 1 N–H and O–H groups in total. The number of hydrogen-bond donors (Lipinski definition) is 1. The molecule has 8 nitrogen and oxygen atoms in total. The summed E-state index contributed by atoms with van der Waals surface area (Å²) in [5.74, 6) is 0.268. The summed E-state index contributed by atoms with van der Waals surface area (Å²) in [4.78, 5) is 41.5. The summed E-state index contributed by atoms with van der Waals surface area (Å²) >= 11 is 0. The van der Waals surface area contributed by atoms with Gasteiger partial charge in [-0.25, -0.2) is 15.0 Å². The van der Waals surface area contributed by atoms with Gasteiger partial charge in [0.05, 0.1) is 0 Å². The third-order valence-corrected chi connectivity index (χ3v) is 4.42. The first-order valence-electron chi connectivity index (χ1n) is 9.25. The summed E-state index contributed by atoms with van der Waals surface area (Å²) in [7, 11) is 0. The van der Waals surface area contributed by atoms with Crippen LogP contribution in [0.5, 0.6) is 0 Å². The molecule has 27 heavy (non-hydrogen) atoms. The average Bonchev–Trinajstić information content (AvgIpc) is 2.74. The number of anilines is 1. The zero-order chi connectivity index (χ0) is 19.1. The van der Waals surface area contributed by atoms with Gasteiger partial charge in [0.1, 0.15) is 11.4 Å². The number of nitrogens with zero attached hydrogens (tertiary/aromatic N) is 5. The molecule has 0 aliphatic carbocycles. The van der Waals surface area contributed by atoms with Crippen LogP contribution in [0.3, 0.4) is 0 Å². The van der Waals surface area contributed by atoms with Gasteiger partial charge < -0.3 is 15.1 Å². The predicted octanol–water partition coefficient (Wildman–Crippen LogP) is 1.36. The molecular weight excluding hydrogens is 344 g/mol. The lowest BCUT2D eigenvalue weighted by Gasteiger charge is -2.34. The topological polar surface area (TPSA) is 91.3 Å². The lowest BCUT2D eigenvalue weighted by atomic mass is 10.2. The van der Waals surface area contributed by atoms with E-state index in [0.29, 0.717) is 44.4 Å². The number of rotatable bonds is 6. The van der Waals surface area contributed by atoms with Crippen LogP contribution in [-0.4, -0.2) is 64.4 Å². The summed E-state index contributed by atoms with van der Waals surface area (Å²) in [5.41, 5.74) is 0.566. The third kappa shape index (κ3) is 4.78. The van der Waals surface area contributed by atoms with E-state index in [9.17, 15) is 9.59 Å². The van der Waals surface area contributed by atoms with Crippen LogP contribution in [0.1, 0.15) is 40.7 Å². The zero-order valence-corrected chi connectivity index (χ0v) is 15.5. The Bertz CT molecular complexity index is 775. The van der Waals surface area contributed by atoms with Gasteiger partial charge in [-0.15, -0.1) is 0 Å². The second-order valence-corrected chi connectivity index (χ2v) is 6.35. The maximum Gasteiger partial charge on any atom is 0.272 e. The maximum atomic E-state index is 12.8. The number of carbonyl (C=O) groups is 2. The van der Waals surface area contributed by atoms with Gasteiger partial charge in [0.15, 0.2) is 0 Å². The average molecular weight is 368 g/mol. The number of amides is 2. The molecular formula is C19H24N6O2. The van der Waals surface area contributed by atoms with Crippen LogP contribution in [0.4, 0.5) is 5.95 Å².